The third kappa shape index (κ3) is 4.90. The molecule has 0 radical (unpaired) electrons. The second kappa shape index (κ2) is 8.31. The van der Waals surface area contributed by atoms with Gasteiger partial charge in [-0.15, -0.1) is 0 Å². The summed E-state index contributed by atoms with van der Waals surface area (Å²) in [5.41, 5.74) is 18.5. The van der Waals surface area contributed by atoms with E-state index in [9.17, 15) is 9.59 Å². The summed E-state index contributed by atoms with van der Waals surface area (Å²) in [5, 5.41) is 21.0. The Labute approximate surface area is 171 Å². The molecule has 0 aliphatic rings. The molecule has 0 heterocycles. The van der Waals surface area contributed by atoms with E-state index < -0.39 is 5.97 Å². The molecule has 0 spiro atoms. The molecule has 0 bridgehead atoms. The summed E-state index contributed by atoms with van der Waals surface area (Å²) in [6.45, 7) is 0. The maximum absolute atomic E-state index is 12.7. The number of anilines is 1. The number of aliphatic carboxylic acids is 1. The summed E-state index contributed by atoms with van der Waals surface area (Å²) in [6.07, 6.45) is -0.245. The zero-order valence-electron chi connectivity index (χ0n) is 15.8. The lowest BCUT2D eigenvalue weighted by atomic mass is 10.0. The van der Waals surface area contributed by atoms with Gasteiger partial charge in [0.25, 0.3) is 5.91 Å². The smallest absolute Gasteiger partial charge is 0.307 e. The van der Waals surface area contributed by atoms with Gasteiger partial charge >= 0.3 is 5.97 Å². The lowest BCUT2D eigenvalue weighted by Gasteiger charge is -2.10. The molecule has 0 aliphatic heterocycles. The first kappa shape index (κ1) is 20.3. The lowest BCUT2D eigenvalue weighted by Crippen LogP contribution is -2.22. The molecule has 9 nitrogen and oxygen atoms in total. The predicted molar refractivity (Wildman–Crippen MR) is 116 cm³/mol. The minimum absolute atomic E-state index is 0.0310. The molecule has 3 rings (SSSR count). The molecule has 30 heavy (non-hydrogen) atoms. The molecule has 0 saturated heterocycles. The van der Waals surface area contributed by atoms with Crippen LogP contribution in [0.4, 0.5) is 11.4 Å². The average molecular weight is 404 g/mol. The highest BCUT2D eigenvalue weighted by Crippen LogP contribution is 2.24. The van der Waals surface area contributed by atoms with Gasteiger partial charge in [0.2, 0.25) is 0 Å². The number of carbonyl (C=O) groups excluding carboxylic acids is 1. The zero-order valence-corrected chi connectivity index (χ0v) is 15.8. The highest BCUT2D eigenvalue weighted by molar-refractivity contribution is 6.07. The number of fused-ring (bicyclic) bond motifs is 1. The molecule has 9 heteroatoms. The van der Waals surface area contributed by atoms with E-state index >= 15 is 0 Å². The SMILES string of the molecule is N=C(N)c1ccc2cc(C(=O)Nc3cc(CC(=O)O)cc(N=C(N)N)c3)ccc2c1. The number of carbonyl (C=O) groups is 2. The standard InChI is InChI=1S/C21H20N6O3/c22-19(23)14-3-1-13-9-15(4-2-12(13)8-14)20(30)26-16-5-11(7-18(28)29)6-17(10-16)27-21(24)25/h1-6,8-10H,7H2,(H3,22,23)(H,26,30)(H,28,29)(H4,24,25,27). The van der Waals surface area contributed by atoms with E-state index in [1.54, 1.807) is 48.5 Å². The van der Waals surface area contributed by atoms with Gasteiger partial charge in [-0.1, -0.05) is 18.2 Å². The number of aliphatic imine (C=N–C) groups is 1. The predicted octanol–water partition coefficient (Wildman–Crippen LogP) is 1.91. The van der Waals surface area contributed by atoms with Crippen molar-refractivity contribution < 1.29 is 14.7 Å². The van der Waals surface area contributed by atoms with E-state index in [1.165, 1.54) is 6.07 Å². The van der Waals surface area contributed by atoms with Crippen molar-refractivity contribution in [3.05, 3.63) is 71.3 Å². The number of hydrogen-bond donors (Lipinski definition) is 6. The van der Waals surface area contributed by atoms with Crippen molar-refractivity contribution in [3.63, 3.8) is 0 Å². The van der Waals surface area contributed by atoms with Crippen LogP contribution in [0.3, 0.4) is 0 Å². The van der Waals surface area contributed by atoms with Crippen molar-refractivity contribution in [1.29, 1.82) is 5.41 Å². The number of nitrogens with zero attached hydrogens (tertiary/aromatic N) is 1. The Bertz CT molecular complexity index is 1200. The molecule has 3 aromatic rings. The minimum Gasteiger partial charge on any atom is -0.481 e. The summed E-state index contributed by atoms with van der Waals surface area (Å²) >= 11 is 0. The Hall–Kier alpha value is -4.40. The van der Waals surface area contributed by atoms with Crippen LogP contribution in [0.25, 0.3) is 10.8 Å². The van der Waals surface area contributed by atoms with Gasteiger partial charge in [-0.05, 0) is 52.7 Å². The minimum atomic E-state index is -1.02. The molecule has 0 atom stereocenters. The van der Waals surface area contributed by atoms with Crippen LogP contribution in [0, 0.1) is 5.41 Å². The number of nitrogens with two attached hydrogens (primary N) is 3. The third-order valence-corrected chi connectivity index (χ3v) is 4.26. The Morgan fingerprint density at radius 1 is 0.933 bits per heavy atom. The quantitative estimate of drug-likeness (QED) is 0.269. The number of benzene rings is 3. The van der Waals surface area contributed by atoms with E-state index in [1.807, 2.05) is 0 Å². The molecule has 0 saturated carbocycles. The maximum Gasteiger partial charge on any atom is 0.307 e. The summed E-state index contributed by atoms with van der Waals surface area (Å²) in [4.78, 5) is 27.7. The Morgan fingerprint density at radius 2 is 1.57 bits per heavy atom. The third-order valence-electron chi connectivity index (χ3n) is 4.26. The van der Waals surface area contributed by atoms with Gasteiger partial charge in [-0.25, -0.2) is 4.99 Å². The van der Waals surface area contributed by atoms with Gasteiger partial charge in [0.1, 0.15) is 5.84 Å². The van der Waals surface area contributed by atoms with Crippen LogP contribution < -0.4 is 22.5 Å². The first-order chi connectivity index (χ1) is 14.2. The molecule has 0 aromatic heterocycles. The van der Waals surface area contributed by atoms with E-state index in [2.05, 4.69) is 10.3 Å². The number of guanidine groups is 1. The van der Waals surface area contributed by atoms with Crippen LogP contribution in [0.2, 0.25) is 0 Å². The largest absolute Gasteiger partial charge is 0.481 e. The first-order valence-corrected chi connectivity index (χ1v) is 8.86. The van der Waals surface area contributed by atoms with Crippen LogP contribution in [-0.2, 0) is 11.2 Å². The average Bonchev–Trinajstić information content (AvgIpc) is 2.65. The number of carboxylic acids is 1. The van der Waals surface area contributed by atoms with E-state index in [4.69, 9.17) is 27.7 Å². The van der Waals surface area contributed by atoms with Crippen LogP contribution in [-0.4, -0.2) is 28.8 Å². The van der Waals surface area contributed by atoms with Crippen LogP contribution in [0.5, 0.6) is 0 Å². The molecule has 152 valence electrons. The summed E-state index contributed by atoms with van der Waals surface area (Å²) in [5.74, 6) is -1.61. The first-order valence-electron chi connectivity index (χ1n) is 8.86. The lowest BCUT2D eigenvalue weighted by molar-refractivity contribution is -0.136. The van der Waals surface area contributed by atoms with Crippen LogP contribution >= 0.6 is 0 Å². The Kier molecular flexibility index (Phi) is 5.63. The fraction of sp³-hybridized carbons (Fsp3) is 0.0476. The monoisotopic (exact) mass is 404 g/mol. The number of rotatable bonds is 6. The Balaban J connectivity index is 1.90. The molecule has 1 amide bonds. The summed E-state index contributed by atoms with van der Waals surface area (Å²) in [6, 6.07) is 15.0. The molecule has 3 aromatic carbocycles. The molecular weight excluding hydrogens is 384 g/mol. The highest BCUT2D eigenvalue weighted by atomic mass is 16.4. The van der Waals surface area contributed by atoms with Gasteiger partial charge < -0.3 is 27.6 Å². The van der Waals surface area contributed by atoms with Crippen molar-refractivity contribution in [2.45, 2.75) is 6.42 Å². The molecule has 9 N–H and O–H groups in total. The second-order valence-corrected chi connectivity index (χ2v) is 6.64. The van der Waals surface area contributed by atoms with Crippen molar-refractivity contribution in [3.8, 4) is 0 Å². The van der Waals surface area contributed by atoms with Crippen molar-refractivity contribution in [1.82, 2.24) is 0 Å². The van der Waals surface area contributed by atoms with Gasteiger partial charge in [0.15, 0.2) is 5.96 Å². The van der Waals surface area contributed by atoms with Crippen LogP contribution in [0.15, 0.2) is 59.6 Å². The van der Waals surface area contributed by atoms with E-state index in [-0.39, 0.29) is 24.1 Å². The molecule has 0 aliphatic carbocycles. The second-order valence-electron chi connectivity index (χ2n) is 6.64. The molecule has 0 fully saturated rings. The Morgan fingerprint density at radius 3 is 2.17 bits per heavy atom. The topological polar surface area (TPSA) is 181 Å². The number of hydrogen-bond acceptors (Lipinski definition) is 4. The van der Waals surface area contributed by atoms with Gasteiger partial charge in [0, 0.05) is 16.8 Å². The highest BCUT2D eigenvalue weighted by Gasteiger charge is 2.11. The molecule has 0 unspecified atom stereocenters. The summed E-state index contributed by atoms with van der Waals surface area (Å²) in [7, 11) is 0. The maximum atomic E-state index is 12.7. The van der Waals surface area contributed by atoms with Crippen molar-refractivity contribution >= 4 is 45.8 Å². The number of carboxylic acid groups (broad SMARTS) is 1. The fourth-order valence-corrected chi connectivity index (χ4v) is 2.99. The number of amidine groups is 1. The fourth-order valence-electron chi connectivity index (χ4n) is 2.99. The van der Waals surface area contributed by atoms with E-state index in [0.29, 0.717) is 28.1 Å². The zero-order chi connectivity index (χ0) is 21.8. The number of nitrogen functional groups attached to an aromatic ring is 1. The normalized spacial score (nSPS) is 10.4. The van der Waals surface area contributed by atoms with E-state index in [0.717, 1.165) is 10.8 Å². The summed E-state index contributed by atoms with van der Waals surface area (Å²) < 4.78 is 0. The van der Waals surface area contributed by atoms with Gasteiger partial charge in [-0.3, -0.25) is 15.0 Å². The van der Waals surface area contributed by atoms with Crippen LogP contribution in [0.1, 0.15) is 21.5 Å². The number of nitrogens with one attached hydrogen (secondary N) is 2. The molecular formula is C21H20N6O3. The van der Waals surface area contributed by atoms with Gasteiger partial charge in [-0.2, -0.15) is 0 Å². The number of amides is 1. The van der Waals surface area contributed by atoms with Crippen molar-refractivity contribution in [2.24, 2.45) is 22.2 Å². The van der Waals surface area contributed by atoms with Gasteiger partial charge in [0.05, 0.1) is 12.1 Å². The van der Waals surface area contributed by atoms with Crippen molar-refractivity contribution in [2.75, 3.05) is 5.32 Å².